The van der Waals surface area contributed by atoms with Crippen LogP contribution in [-0.4, -0.2) is 21.7 Å². The Labute approximate surface area is 133 Å². The number of imidazole rings is 1. The zero-order valence-corrected chi connectivity index (χ0v) is 12.5. The number of amides is 1. The van der Waals surface area contributed by atoms with E-state index in [-0.39, 0.29) is 17.6 Å². The van der Waals surface area contributed by atoms with Crippen molar-refractivity contribution in [3.63, 3.8) is 0 Å². The Kier molecular flexibility index (Phi) is 4.01. The van der Waals surface area contributed by atoms with Crippen LogP contribution in [0.5, 0.6) is 0 Å². The first kappa shape index (κ1) is 14.7. The summed E-state index contributed by atoms with van der Waals surface area (Å²) in [5, 5.41) is 2.67. The van der Waals surface area contributed by atoms with Crippen LogP contribution in [0.3, 0.4) is 0 Å². The van der Waals surface area contributed by atoms with E-state index in [2.05, 4.69) is 15.3 Å². The molecule has 0 aliphatic carbocycles. The van der Waals surface area contributed by atoms with Crippen molar-refractivity contribution in [3.8, 4) is 0 Å². The van der Waals surface area contributed by atoms with Crippen LogP contribution in [-0.2, 0) is 0 Å². The summed E-state index contributed by atoms with van der Waals surface area (Å²) in [5.41, 5.74) is 2.00. The van der Waals surface area contributed by atoms with Gasteiger partial charge in [-0.15, -0.1) is 0 Å². The highest BCUT2D eigenvalue weighted by Crippen LogP contribution is 2.15. The third-order valence-corrected chi connectivity index (χ3v) is 3.40. The van der Waals surface area contributed by atoms with Gasteiger partial charge >= 0.3 is 0 Å². The Morgan fingerprint density at radius 3 is 2.09 bits per heavy atom. The van der Waals surface area contributed by atoms with Crippen molar-refractivity contribution in [1.82, 2.24) is 9.97 Å². The highest BCUT2D eigenvalue weighted by molar-refractivity contribution is 6.09. The summed E-state index contributed by atoms with van der Waals surface area (Å²) < 4.78 is 0. The summed E-state index contributed by atoms with van der Waals surface area (Å²) in [4.78, 5) is 31.7. The molecule has 5 nitrogen and oxygen atoms in total. The Morgan fingerprint density at radius 1 is 0.913 bits per heavy atom. The molecule has 2 aromatic carbocycles. The van der Waals surface area contributed by atoms with Gasteiger partial charge in [-0.05, 0) is 19.1 Å². The summed E-state index contributed by atoms with van der Waals surface area (Å²) in [6.07, 6.45) is 0. The van der Waals surface area contributed by atoms with Gasteiger partial charge in [-0.1, -0.05) is 48.5 Å². The van der Waals surface area contributed by atoms with Gasteiger partial charge in [-0.3, -0.25) is 14.9 Å². The fraction of sp³-hybridized carbons (Fsp3) is 0.0556. The molecule has 0 radical (unpaired) electrons. The molecule has 0 atom stereocenters. The van der Waals surface area contributed by atoms with E-state index in [1.165, 1.54) is 0 Å². The van der Waals surface area contributed by atoms with Crippen LogP contribution >= 0.6 is 0 Å². The fourth-order valence-electron chi connectivity index (χ4n) is 2.24. The molecular weight excluding hydrogens is 290 g/mol. The zero-order chi connectivity index (χ0) is 16.2. The molecule has 1 aromatic heterocycles. The molecule has 0 spiro atoms. The van der Waals surface area contributed by atoms with E-state index in [4.69, 9.17) is 0 Å². The average Bonchev–Trinajstić information content (AvgIpc) is 2.96. The third-order valence-electron chi connectivity index (χ3n) is 3.40. The van der Waals surface area contributed by atoms with Gasteiger partial charge in [0.2, 0.25) is 11.7 Å². The van der Waals surface area contributed by atoms with E-state index in [0.717, 1.165) is 0 Å². The Morgan fingerprint density at radius 2 is 1.48 bits per heavy atom. The van der Waals surface area contributed by atoms with Crippen LogP contribution in [0.15, 0.2) is 60.7 Å². The smallest absolute Gasteiger partial charge is 0.257 e. The van der Waals surface area contributed by atoms with Crippen molar-refractivity contribution in [2.45, 2.75) is 6.92 Å². The number of carbonyl (C=O) groups excluding carboxylic acids is 2. The number of aryl methyl sites for hydroxylation is 1. The monoisotopic (exact) mass is 305 g/mol. The van der Waals surface area contributed by atoms with Gasteiger partial charge in [0.15, 0.2) is 0 Å². The Bertz CT molecular complexity index is 839. The lowest BCUT2D eigenvalue weighted by Crippen LogP contribution is -2.13. The van der Waals surface area contributed by atoms with Crippen molar-refractivity contribution >= 4 is 17.6 Å². The maximum Gasteiger partial charge on any atom is 0.257 e. The Balaban J connectivity index is 1.82. The maximum absolute atomic E-state index is 12.4. The number of H-pyrrole nitrogens is 1. The van der Waals surface area contributed by atoms with E-state index in [0.29, 0.717) is 22.5 Å². The quantitative estimate of drug-likeness (QED) is 0.727. The number of anilines is 1. The summed E-state index contributed by atoms with van der Waals surface area (Å²) in [5.74, 6) is -0.201. The molecule has 2 N–H and O–H groups in total. The SMILES string of the molecule is Cc1[nH]c(NC(=O)c2ccccc2)nc1C(=O)c1ccccc1. The maximum atomic E-state index is 12.4. The molecule has 23 heavy (non-hydrogen) atoms. The lowest BCUT2D eigenvalue weighted by molar-refractivity contribution is 0.101. The molecule has 5 heteroatoms. The van der Waals surface area contributed by atoms with Gasteiger partial charge in [-0.2, -0.15) is 0 Å². The third kappa shape index (κ3) is 3.18. The van der Waals surface area contributed by atoms with Crippen LogP contribution in [0.4, 0.5) is 5.95 Å². The van der Waals surface area contributed by atoms with Gasteiger partial charge in [0.1, 0.15) is 5.69 Å². The second kappa shape index (κ2) is 6.27. The standard InChI is InChI=1S/C18H15N3O2/c1-12-15(16(22)13-8-4-2-5-9-13)20-18(19-12)21-17(23)14-10-6-3-7-11-14/h2-11H,1H3,(H2,19,20,21,23). The molecule has 3 aromatic rings. The first-order chi connectivity index (χ1) is 11.1. The molecule has 114 valence electrons. The molecule has 3 rings (SSSR count). The average molecular weight is 305 g/mol. The number of hydrogen-bond donors (Lipinski definition) is 2. The molecule has 0 unspecified atom stereocenters. The van der Waals surface area contributed by atoms with Crippen LogP contribution in [0.25, 0.3) is 0 Å². The number of ketones is 1. The topological polar surface area (TPSA) is 74.8 Å². The fourth-order valence-corrected chi connectivity index (χ4v) is 2.24. The van der Waals surface area contributed by atoms with Crippen molar-refractivity contribution in [3.05, 3.63) is 83.2 Å². The predicted molar refractivity (Wildman–Crippen MR) is 87.6 cm³/mol. The number of nitrogens with one attached hydrogen (secondary N) is 2. The molecule has 0 saturated carbocycles. The number of carbonyl (C=O) groups is 2. The van der Waals surface area contributed by atoms with E-state index in [1.807, 2.05) is 12.1 Å². The minimum absolute atomic E-state index is 0.181. The predicted octanol–water partition coefficient (Wildman–Crippen LogP) is 3.20. The molecule has 1 amide bonds. The largest absolute Gasteiger partial charge is 0.327 e. The van der Waals surface area contributed by atoms with Gasteiger partial charge in [0, 0.05) is 16.8 Å². The molecule has 0 bridgehead atoms. The van der Waals surface area contributed by atoms with E-state index < -0.39 is 0 Å². The van der Waals surface area contributed by atoms with Crippen molar-refractivity contribution in [2.75, 3.05) is 5.32 Å². The number of benzene rings is 2. The second-order valence-corrected chi connectivity index (χ2v) is 5.07. The first-order valence-electron chi connectivity index (χ1n) is 7.18. The lowest BCUT2D eigenvalue weighted by atomic mass is 10.1. The summed E-state index contributed by atoms with van der Waals surface area (Å²) in [6, 6.07) is 17.7. The van der Waals surface area contributed by atoms with Crippen molar-refractivity contribution in [2.24, 2.45) is 0 Å². The van der Waals surface area contributed by atoms with Gasteiger partial charge < -0.3 is 4.98 Å². The summed E-state index contributed by atoms with van der Waals surface area (Å²) >= 11 is 0. The second-order valence-electron chi connectivity index (χ2n) is 5.07. The minimum Gasteiger partial charge on any atom is -0.327 e. The van der Waals surface area contributed by atoms with Gasteiger partial charge in [-0.25, -0.2) is 4.98 Å². The number of rotatable bonds is 4. The molecule has 0 aliphatic heterocycles. The van der Waals surface area contributed by atoms with Crippen molar-refractivity contribution < 1.29 is 9.59 Å². The summed E-state index contributed by atoms with van der Waals surface area (Å²) in [6.45, 7) is 1.75. The Hall–Kier alpha value is -3.21. The number of aromatic amines is 1. The van der Waals surface area contributed by atoms with E-state index >= 15 is 0 Å². The van der Waals surface area contributed by atoms with E-state index in [1.54, 1.807) is 55.5 Å². The number of nitrogens with zero attached hydrogens (tertiary/aromatic N) is 1. The van der Waals surface area contributed by atoms with Crippen molar-refractivity contribution in [1.29, 1.82) is 0 Å². The van der Waals surface area contributed by atoms with Crippen LogP contribution < -0.4 is 5.32 Å². The molecular formula is C18H15N3O2. The molecule has 0 fully saturated rings. The molecule has 1 heterocycles. The zero-order valence-electron chi connectivity index (χ0n) is 12.5. The lowest BCUT2D eigenvalue weighted by Gasteiger charge is -2.01. The highest BCUT2D eigenvalue weighted by Gasteiger charge is 2.17. The highest BCUT2D eigenvalue weighted by atomic mass is 16.2. The molecule has 0 saturated heterocycles. The first-order valence-corrected chi connectivity index (χ1v) is 7.18. The summed E-state index contributed by atoms with van der Waals surface area (Å²) in [7, 11) is 0. The number of aromatic nitrogens is 2. The van der Waals surface area contributed by atoms with Crippen LogP contribution in [0, 0.1) is 6.92 Å². The van der Waals surface area contributed by atoms with Gasteiger partial charge in [0.25, 0.3) is 5.91 Å². The van der Waals surface area contributed by atoms with Crippen LogP contribution in [0.2, 0.25) is 0 Å². The molecule has 0 aliphatic rings. The normalized spacial score (nSPS) is 10.3. The van der Waals surface area contributed by atoms with Gasteiger partial charge in [0.05, 0.1) is 0 Å². The minimum atomic E-state index is -0.280. The van der Waals surface area contributed by atoms with E-state index in [9.17, 15) is 9.59 Å². The van der Waals surface area contributed by atoms with Crippen LogP contribution in [0.1, 0.15) is 32.1 Å². The number of hydrogen-bond acceptors (Lipinski definition) is 3.